The Hall–Kier alpha value is -1.65. The zero-order valence-electron chi connectivity index (χ0n) is 18.9. The molecule has 7 nitrogen and oxygen atoms in total. The van der Waals surface area contributed by atoms with Gasteiger partial charge in [0.2, 0.25) is 0 Å². The highest BCUT2D eigenvalue weighted by Gasteiger charge is 2.22. The summed E-state index contributed by atoms with van der Waals surface area (Å²) in [6.45, 7) is 9.04. The van der Waals surface area contributed by atoms with E-state index in [0.717, 1.165) is 75.0 Å². The zero-order valence-corrected chi connectivity index (χ0v) is 21.2. The third kappa shape index (κ3) is 7.76. The van der Waals surface area contributed by atoms with Gasteiger partial charge in [-0.15, -0.1) is 24.0 Å². The van der Waals surface area contributed by atoms with Gasteiger partial charge in [-0.25, -0.2) is 9.67 Å². The first-order valence-electron chi connectivity index (χ1n) is 11.0. The molecule has 0 spiro atoms. The normalized spacial score (nSPS) is 15.1. The number of piperidine rings is 1. The number of nitrogens with zero attached hydrogens (tertiary/aromatic N) is 4. The molecule has 3 rings (SSSR count). The molecule has 1 aliphatic heterocycles. The maximum atomic E-state index is 5.99. The first-order valence-corrected chi connectivity index (χ1v) is 11.0. The summed E-state index contributed by atoms with van der Waals surface area (Å²) in [4.78, 5) is 7.29. The fraction of sp³-hybridized carbons (Fsp3) is 0.565. The number of hydrogen-bond acceptors (Lipinski definition) is 4. The van der Waals surface area contributed by atoms with E-state index in [2.05, 4.69) is 40.4 Å². The molecule has 0 saturated carbocycles. The number of para-hydroxylation sites is 1. The van der Waals surface area contributed by atoms with Crippen LogP contribution >= 0.6 is 24.0 Å². The molecule has 0 atom stereocenters. The summed E-state index contributed by atoms with van der Waals surface area (Å²) in [6, 6.07) is 10.3. The quantitative estimate of drug-likeness (QED) is 0.227. The van der Waals surface area contributed by atoms with Crippen LogP contribution in [0.4, 0.5) is 0 Å². The average Bonchev–Trinajstić information content (AvgIpc) is 3.21. The van der Waals surface area contributed by atoms with Crippen LogP contribution in [0.5, 0.6) is 0 Å². The standard InChI is InChI=1S/C23H35N5O2.HI/c1-4-24-23(27-13-11-21(12-14-27)30-17-7-16-29-3)25-18-20-8-5-6-9-22(20)28-15-10-19(2)26-28;/h5-6,8-10,15,21H,4,7,11-14,16-18H2,1-3H3,(H,24,25);1H. The predicted octanol–water partition coefficient (Wildman–Crippen LogP) is 3.78. The van der Waals surface area contributed by atoms with E-state index < -0.39 is 0 Å². The van der Waals surface area contributed by atoms with Crippen LogP contribution in [0.2, 0.25) is 0 Å². The van der Waals surface area contributed by atoms with E-state index in [1.807, 2.05) is 29.9 Å². The number of aromatic nitrogens is 2. The molecule has 8 heteroatoms. The molecule has 2 heterocycles. The molecule has 0 amide bonds. The minimum atomic E-state index is 0. The van der Waals surface area contributed by atoms with Gasteiger partial charge < -0.3 is 19.7 Å². The van der Waals surface area contributed by atoms with Crippen molar-refractivity contribution in [3.63, 3.8) is 0 Å². The molecule has 1 aliphatic rings. The van der Waals surface area contributed by atoms with Crippen molar-refractivity contribution in [1.29, 1.82) is 0 Å². The van der Waals surface area contributed by atoms with Crippen LogP contribution in [0.3, 0.4) is 0 Å². The fourth-order valence-electron chi connectivity index (χ4n) is 3.69. The lowest BCUT2D eigenvalue weighted by Gasteiger charge is -2.34. The Morgan fingerprint density at radius 2 is 1.97 bits per heavy atom. The first kappa shape index (κ1) is 25.6. The van der Waals surface area contributed by atoms with Gasteiger partial charge in [-0.2, -0.15) is 5.10 Å². The minimum absolute atomic E-state index is 0. The molecule has 172 valence electrons. The smallest absolute Gasteiger partial charge is 0.194 e. The summed E-state index contributed by atoms with van der Waals surface area (Å²) >= 11 is 0. The van der Waals surface area contributed by atoms with Crippen molar-refractivity contribution < 1.29 is 9.47 Å². The maximum Gasteiger partial charge on any atom is 0.194 e. The molecular weight excluding hydrogens is 505 g/mol. The number of guanidine groups is 1. The molecule has 1 saturated heterocycles. The fourth-order valence-corrected chi connectivity index (χ4v) is 3.69. The Morgan fingerprint density at radius 3 is 2.65 bits per heavy atom. The zero-order chi connectivity index (χ0) is 21.2. The summed E-state index contributed by atoms with van der Waals surface area (Å²) in [5.41, 5.74) is 3.25. The van der Waals surface area contributed by atoms with Crippen molar-refractivity contribution in [2.45, 2.75) is 45.8 Å². The van der Waals surface area contributed by atoms with Crippen LogP contribution < -0.4 is 5.32 Å². The van der Waals surface area contributed by atoms with Crippen molar-refractivity contribution in [3.8, 4) is 5.69 Å². The van der Waals surface area contributed by atoms with Crippen molar-refractivity contribution >= 4 is 29.9 Å². The van der Waals surface area contributed by atoms with Gasteiger partial charge in [0, 0.05) is 46.2 Å². The Balaban J connectivity index is 0.00000341. The van der Waals surface area contributed by atoms with Crippen molar-refractivity contribution in [1.82, 2.24) is 20.0 Å². The number of likely N-dealkylation sites (tertiary alicyclic amines) is 1. The Labute approximate surface area is 203 Å². The number of rotatable bonds is 9. The number of benzene rings is 1. The highest BCUT2D eigenvalue weighted by Crippen LogP contribution is 2.17. The van der Waals surface area contributed by atoms with Crippen LogP contribution in [-0.2, 0) is 16.0 Å². The number of methoxy groups -OCH3 is 1. The second-order valence-corrected chi connectivity index (χ2v) is 7.60. The van der Waals surface area contributed by atoms with E-state index in [4.69, 9.17) is 14.5 Å². The maximum absolute atomic E-state index is 5.99. The van der Waals surface area contributed by atoms with Gasteiger partial charge in [-0.1, -0.05) is 18.2 Å². The number of hydrogen-bond donors (Lipinski definition) is 1. The molecule has 1 aromatic heterocycles. The molecule has 1 aromatic carbocycles. The molecular formula is C23H36IN5O2. The van der Waals surface area contributed by atoms with Crippen LogP contribution in [-0.4, -0.2) is 66.7 Å². The molecule has 1 fully saturated rings. The number of aryl methyl sites for hydroxylation is 1. The van der Waals surface area contributed by atoms with Gasteiger partial charge in [0.25, 0.3) is 0 Å². The van der Waals surface area contributed by atoms with Gasteiger partial charge in [-0.3, -0.25) is 0 Å². The lowest BCUT2D eigenvalue weighted by Crippen LogP contribution is -2.47. The van der Waals surface area contributed by atoms with Gasteiger partial charge in [0.05, 0.1) is 24.0 Å². The number of ether oxygens (including phenoxy) is 2. The predicted molar refractivity (Wildman–Crippen MR) is 136 cm³/mol. The van der Waals surface area contributed by atoms with E-state index in [0.29, 0.717) is 12.6 Å². The summed E-state index contributed by atoms with van der Waals surface area (Å²) in [5, 5.41) is 8.02. The molecule has 0 radical (unpaired) electrons. The molecule has 2 aromatic rings. The van der Waals surface area contributed by atoms with Crippen molar-refractivity contribution in [3.05, 3.63) is 47.8 Å². The van der Waals surface area contributed by atoms with Crippen LogP contribution in [0.25, 0.3) is 5.69 Å². The first-order chi connectivity index (χ1) is 14.7. The molecule has 0 bridgehead atoms. The SMILES string of the molecule is CCNC(=NCc1ccccc1-n1ccc(C)n1)N1CCC(OCCCOC)CC1.I. The van der Waals surface area contributed by atoms with Gasteiger partial charge in [-0.05, 0) is 50.8 Å². The van der Waals surface area contributed by atoms with E-state index in [1.165, 1.54) is 0 Å². The lowest BCUT2D eigenvalue weighted by atomic mass is 10.1. The number of aliphatic imine (C=N–C) groups is 1. The van der Waals surface area contributed by atoms with Crippen LogP contribution in [0.1, 0.15) is 37.4 Å². The average molecular weight is 541 g/mol. The highest BCUT2D eigenvalue weighted by molar-refractivity contribution is 14.0. The second kappa shape index (κ2) is 13.7. The summed E-state index contributed by atoms with van der Waals surface area (Å²) in [5.74, 6) is 0.974. The largest absolute Gasteiger partial charge is 0.385 e. The molecule has 0 unspecified atom stereocenters. The Bertz CT molecular complexity index is 803. The van der Waals surface area contributed by atoms with E-state index in [9.17, 15) is 0 Å². The Kier molecular flexibility index (Phi) is 11.3. The third-order valence-corrected chi connectivity index (χ3v) is 5.28. The van der Waals surface area contributed by atoms with Gasteiger partial charge >= 0.3 is 0 Å². The minimum Gasteiger partial charge on any atom is -0.385 e. The lowest BCUT2D eigenvalue weighted by molar-refractivity contribution is 0.00990. The molecule has 0 aliphatic carbocycles. The van der Waals surface area contributed by atoms with Gasteiger partial charge in [0.15, 0.2) is 5.96 Å². The Morgan fingerprint density at radius 1 is 1.19 bits per heavy atom. The van der Waals surface area contributed by atoms with Crippen molar-refractivity contribution in [2.75, 3.05) is 40.0 Å². The van der Waals surface area contributed by atoms with Crippen molar-refractivity contribution in [2.24, 2.45) is 4.99 Å². The van der Waals surface area contributed by atoms with E-state index in [-0.39, 0.29) is 24.0 Å². The monoisotopic (exact) mass is 541 g/mol. The van der Waals surface area contributed by atoms with Crippen LogP contribution in [0.15, 0.2) is 41.5 Å². The molecule has 1 N–H and O–H groups in total. The number of halogens is 1. The van der Waals surface area contributed by atoms with E-state index in [1.54, 1.807) is 7.11 Å². The highest BCUT2D eigenvalue weighted by atomic mass is 127. The molecule has 31 heavy (non-hydrogen) atoms. The number of nitrogens with one attached hydrogen (secondary N) is 1. The summed E-state index contributed by atoms with van der Waals surface area (Å²) < 4.78 is 13.0. The summed E-state index contributed by atoms with van der Waals surface area (Å²) in [6.07, 6.45) is 5.35. The van der Waals surface area contributed by atoms with E-state index >= 15 is 0 Å². The van der Waals surface area contributed by atoms with Crippen LogP contribution in [0, 0.1) is 6.92 Å². The second-order valence-electron chi connectivity index (χ2n) is 7.60. The topological polar surface area (TPSA) is 63.9 Å². The van der Waals surface area contributed by atoms with Gasteiger partial charge in [0.1, 0.15) is 0 Å². The summed E-state index contributed by atoms with van der Waals surface area (Å²) in [7, 11) is 1.73. The third-order valence-electron chi connectivity index (χ3n) is 5.28.